The van der Waals surface area contributed by atoms with Crippen LogP contribution < -0.4 is 15.5 Å². The zero-order valence-corrected chi connectivity index (χ0v) is 17.4. The molecular formula is C21H30N4O4. The first-order valence-corrected chi connectivity index (χ1v) is 10.1. The standard InChI is InChI=1S/C21H30N4O4/c1-21(2,3)29-19(27)14-24-10-12-25(13-11-24)16-6-4-15(5-7-16)22-17-8-9-18(26)23-20(17)28/h4-7,17,22H,8-14H2,1-3H3,(H,23,26,28). The number of nitrogens with one attached hydrogen (secondary N) is 2. The summed E-state index contributed by atoms with van der Waals surface area (Å²) in [5, 5.41) is 5.54. The van der Waals surface area contributed by atoms with Gasteiger partial charge in [-0.1, -0.05) is 0 Å². The SMILES string of the molecule is CC(C)(C)OC(=O)CN1CCN(c2ccc(NC3CCC(=O)NC3=O)cc2)CC1. The van der Waals surface area contributed by atoms with Gasteiger partial charge in [-0.05, 0) is 51.5 Å². The number of piperidine rings is 1. The minimum atomic E-state index is -0.456. The Morgan fingerprint density at radius 2 is 1.79 bits per heavy atom. The van der Waals surface area contributed by atoms with E-state index in [2.05, 4.69) is 20.4 Å². The Labute approximate surface area is 171 Å². The largest absolute Gasteiger partial charge is 0.459 e. The van der Waals surface area contributed by atoms with Gasteiger partial charge in [-0.15, -0.1) is 0 Å². The molecule has 0 radical (unpaired) electrons. The van der Waals surface area contributed by atoms with Crippen molar-refractivity contribution in [3.05, 3.63) is 24.3 Å². The molecule has 3 rings (SSSR count). The highest BCUT2D eigenvalue weighted by Crippen LogP contribution is 2.21. The molecule has 1 atom stereocenters. The van der Waals surface area contributed by atoms with Crippen molar-refractivity contribution < 1.29 is 19.1 Å². The predicted octanol–water partition coefficient (Wildman–Crippen LogP) is 1.37. The molecule has 1 aromatic carbocycles. The normalized spacial score (nSPS) is 20.9. The van der Waals surface area contributed by atoms with Crippen LogP contribution in [0, 0.1) is 0 Å². The molecule has 2 amide bonds. The number of rotatable bonds is 5. The number of hydrogen-bond acceptors (Lipinski definition) is 7. The van der Waals surface area contributed by atoms with Gasteiger partial charge in [0.25, 0.3) is 0 Å². The lowest BCUT2D eigenvalue weighted by Crippen LogP contribution is -2.48. The number of carbonyl (C=O) groups excluding carboxylic acids is 3. The Kier molecular flexibility index (Phi) is 6.42. The molecule has 29 heavy (non-hydrogen) atoms. The summed E-state index contributed by atoms with van der Waals surface area (Å²) in [7, 11) is 0. The lowest BCUT2D eigenvalue weighted by atomic mass is 10.1. The first-order chi connectivity index (χ1) is 13.7. The number of imide groups is 1. The van der Waals surface area contributed by atoms with Gasteiger partial charge in [0.15, 0.2) is 0 Å². The molecule has 2 aliphatic heterocycles. The van der Waals surface area contributed by atoms with Gasteiger partial charge in [-0.25, -0.2) is 0 Å². The number of hydrogen-bond donors (Lipinski definition) is 2. The van der Waals surface area contributed by atoms with Crippen molar-refractivity contribution in [3.8, 4) is 0 Å². The number of piperazine rings is 1. The Hall–Kier alpha value is -2.61. The fourth-order valence-corrected chi connectivity index (χ4v) is 3.52. The molecule has 8 nitrogen and oxygen atoms in total. The van der Waals surface area contributed by atoms with Gasteiger partial charge in [-0.2, -0.15) is 0 Å². The summed E-state index contributed by atoms with van der Waals surface area (Å²) >= 11 is 0. The third kappa shape index (κ3) is 6.19. The number of nitrogens with zero attached hydrogens (tertiary/aromatic N) is 2. The molecule has 0 saturated carbocycles. The molecule has 1 unspecified atom stereocenters. The second kappa shape index (κ2) is 8.82. The molecule has 0 aliphatic carbocycles. The van der Waals surface area contributed by atoms with E-state index in [1.54, 1.807) is 0 Å². The second-order valence-corrected chi connectivity index (χ2v) is 8.54. The summed E-state index contributed by atoms with van der Waals surface area (Å²) in [5.41, 5.74) is 1.50. The monoisotopic (exact) mass is 402 g/mol. The zero-order chi connectivity index (χ0) is 21.0. The smallest absolute Gasteiger partial charge is 0.320 e. The highest BCUT2D eigenvalue weighted by atomic mass is 16.6. The average Bonchev–Trinajstić information content (AvgIpc) is 2.64. The van der Waals surface area contributed by atoms with Crippen LogP contribution in [0.5, 0.6) is 0 Å². The van der Waals surface area contributed by atoms with E-state index < -0.39 is 5.60 Å². The van der Waals surface area contributed by atoms with Gasteiger partial charge in [0.05, 0.1) is 6.54 Å². The van der Waals surface area contributed by atoms with Crippen LogP contribution in [0.25, 0.3) is 0 Å². The molecule has 2 saturated heterocycles. The summed E-state index contributed by atoms with van der Waals surface area (Å²) in [6, 6.07) is 7.57. The molecular weight excluding hydrogens is 372 g/mol. The molecule has 0 bridgehead atoms. The van der Waals surface area contributed by atoms with E-state index in [1.165, 1.54) is 0 Å². The van der Waals surface area contributed by atoms with Crippen LogP contribution in [0.3, 0.4) is 0 Å². The third-order valence-electron chi connectivity index (χ3n) is 4.96. The molecule has 2 N–H and O–H groups in total. The zero-order valence-electron chi connectivity index (χ0n) is 17.4. The van der Waals surface area contributed by atoms with E-state index in [1.807, 2.05) is 45.0 Å². The van der Waals surface area contributed by atoms with E-state index in [-0.39, 0.29) is 23.8 Å². The van der Waals surface area contributed by atoms with Crippen LogP contribution in [0.15, 0.2) is 24.3 Å². The Balaban J connectivity index is 1.47. The van der Waals surface area contributed by atoms with Gasteiger partial charge < -0.3 is 15.0 Å². The molecule has 2 fully saturated rings. The van der Waals surface area contributed by atoms with E-state index in [0.717, 1.165) is 37.6 Å². The van der Waals surface area contributed by atoms with Crippen molar-refractivity contribution in [1.82, 2.24) is 10.2 Å². The lowest BCUT2D eigenvalue weighted by Gasteiger charge is -2.36. The lowest BCUT2D eigenvalue weighted by molar-refractivity contribution is -0.156. The maximum Gasteiger partial charge on any atom is 0.320 e. The van der Waals surface area contributed by atoms with Crippen molar-refractivity contribution in [2.24, 2.45) is 0 Å². The number of anilines is 2. The van der Waals surface area contributed by atoms with Crippen LogP contribution in [0.4, 0.5) is 11.4 Å². The van der Waals surface area contributed by atoms with Crippen LogP contribution in [0.2, 0.25) is 0 Å². The summed E-state index contributed by atoms with van der Waals surface area (Å²) in [5.74, 6) is -0.671. The number of benzene rings is 1. The molecule has 0 aromatic heterocycles. The van der Waals surface area contributed by atoms with Gasteiger partial charge in [0.1, 0.15) is 11.6 Å². The van der Waals surface area contributed by atoms with Gasteiger partial charge in [0, 0.05) is 44.0 Å². The van der Waals surface area contributed by atoms with Gasteiger partial charge >= 0.3 is 5.97 Å². The van der Waals surface area contributed by atoms with Crippen molar-refractivity contribution in [3.63, 3.8) is 0 Å². The average molecular weight is 402 g/mol. The second-order valence-electron chi connectivity index (χ2n) is 8.54. The van der Waals surface area contributed by atoms with E-state index in [0.29, 0.717) is 19.4 Å². The topological polar surface area (TPSA) is 91.0 Å². The quantitative estimate of drug-likeness (QED) is 0.568. The summed E-state index contributed by atoms with van der Waals surface area (Å²) in [4.78, 5) is 39.5. The first kappa shape index (κ1) is 21.1. The minimum Gasteiger partial charge on any atom is -0.459 e. The molecule has 2 aliphatic rings. The number of esters is 1. The number of carbonyl (C=O) groups is 3. The molecule has 1 aromatic rings. The Morgan fingerprint density at radius 1 is 1.14 bits per heavy atom. The van der Waals surface area contributed by atoms with Gasteiger partial charge in [0.2, 0.25) is 11.8 Å². The van der Waals surface area contributed by atoms with Crippen LogP contribution in [-0.2, 0) is 19.1 Å². The summed E-state index contributed by atoms with van der Waals surface area (Å²) < 4.78 is 5.39. The fraction of sp³-hybridized carbons (Fsp3) is 0.571. The maximum atomic E-state index is 12.0. The highest BCUT2D eigenvalue weighted by molar-refractivity contribution is 6.01. The van der Waals surface area contributed by atoms with Crippen molar-refractivity contribution in [2.75, 3.05) is 42.9 Å². The minimum absolute atomic E-state index is 0.185. The Morgan fingerprint density at radius 3 is 2.38 bits per heavy atom. The molecule has 8 heteroatoms. The number of ether oxygens (including phenoxy) is 1. The van der Waals surface area contributed by atoms with Crippen LogP contribution in [0.1, 0.15) is 33.6 Å². The van der Waals surface area contributed by atoms with Crippen molar-refractivity contribution in [1.29, 1.82) is 0 Å². The molecule has 0 spiro atoms. The molecule has 158 valence electrons. The van der Waals surface area contributed by atoms with Crippen molar-refractivity contribution >= 4 is 29.2 Å². The fourth-order valence-electron chi connectivity index (χ4n) is 3.52. The van der Waals surface area contributed by atoms with E-state index in [4.69, 9.17) is 4.74 Å². The van der Waals surface area contributed by atoms with Gasteiger partial charge in [-0.3, -0.25) is 24.6 Å². The van der Waals surface area contributed by atoms with E-state index in [9.17, 15) is 14.4 Å². The third-order valence-corrected chi connectivity index (χ3v) is 4.96. The van der Waals surface area contributed by atoms with Crippen LogP contribution in [-0.4, -0.2) is 67.1 Å². The van der Waals surface area contributed by atoms with E-state index >= 15 is 0 Å². The summed E-state index contributed by atoms with van der Waals surface area (Å²) in [6.45, 7) is 9.22. The Bertz CT molecular complexity index is 749. The van der Waals surface area contributed by atoms with Crippen LogP contribution >= 0.6 is 0 Å². The predicted molar refractivity (Wildman–Crippen MR) is 111 cm³/mol. The number of amides is 2. The van der Waals surface area contributed by atoms with Crippen molar-refractivity contribution in [2.45, 2.75) is 45.3 Å². The summed E-state index contributed by atoms with van der Waals surface area (Å²) in [6.07, 6.45) is 0.862. The maximum absolute atomic E-state index is 12.0. The first-order valence-electron chi connectivity index (χ1n) is 10.1. The molecule has 2 heterocycles. The highest BCUT2D eigenvalue weighted by Gasteiger charge is 2.26.